The van der Waals surface area contributed by atoms with E-state index in [0.717, 1.165) is 6.42 Å². The van der Waals surface area contributed by atoms with Crippen LogP contribution in [0.25, 0.3) is 0 Å². The molecule has 0 saturated heterocycles. The van der Waals surface area contributed by atoms with Crippen LogP contribution in [0.1, 0.15) is 33.6 Å². The number of hydrogen-bond acceptors (Lipinski definition) is 2. The molecule has 0 aliphatic carbocycles. The minimum absolute atomic E-state index is 0.118. The molecule has 1 atom stereocenters. The van der Waals surface area contributed by atoms with E-state index in [4.69, 9.17) is 6.42 Å². The second-order valence-corrected chi connectivity index (χ2v) is 5.60. The summed E-state index contributed by atoms with van der Waals surface area (Å²) in [4.78, 5) is 0. The SMILES string of the molecule is C#CC(CCC)NS(=O)(=O)CC(C)C. The van der Waals surface area contributed by atoms with Crippen LogP contribution in [0.3, 0.4) is 0 Å². The summed E-state index contributed by atoms with van der Waals surface area (Å²) in [5, 5.41) is 0. The monoisotopic (exact) mass is 217 g/mol. The van der Waals surface area contributed by atoms with E-state index in [2.05, 4.69) is 10.6 Å². The van der Waals surface area contributed by atoms with Crippen LogP contribution in [0.4, 0.5) is 0 Å². The van der Waals surface area contributed by atoms with Crippen LogP contribution >= 0.6 is 0 Å². The predicted molar refractivity (Wildman–Crippen MR) is 59.3 cm³/mol. The highest BCUT2D eigenvalue weighted by Gasteiger charge is 2.16. The van der Waals surface area contributed by atoms with Crippen LogP contribution in [0, 0.1) is 18.3 Å². The van der Waals surface area contributed by atoms with Crippen molar-refractivity contribution in [3.8, 4) is 12.3 Å². The second-order valence-electron chi connectivity index (χ2n) is 3.80. The zero-order valence-corrected chi connectivity index (χ0v) is 9.89. The lowest BCUT2D eigenvalue weighted by Crippen LogP contribution is -2.36. The quantitative estimate of drug-likeness (QED) is 0.683. The van der Waals surface area contributed by atoms with Crippen molar-refractivity contribution in [2.45, 2.75) is 39.7 Å². The van der Waals surface area contributed by atoms with Crippen molar-refractivity contribution in [3.63, 3.8) is 0 Å². The fourth-order valence-corrected chi connectivity index (χ4v) is 2.76. The van der Waals surface area contributed by atoms with Gasteiger partial charge in [0.15, 0.2) is 0 Å². The fraction of sp³-hybridized carbons (Fsp3) is 0.800. The molecule has 0 amide bonds. The average Bonchev–Trinajstić information content (AvgIpc) is 2.00. The highest BCUT2D eigenvalue weighted by Crippen LogP contribution is 2.02. The Morgan fingerprint density at radius 2 is 2.00 bits per heavy atom. The molecule has 82 valence electrons. The molecule has 1 N–H and O–H groups in total. The van der Waals surface area contributed by atoms with Gasteiger partial charge in [0.1, 0.15) is 0 Å². The van der Waals surface area contributed by atoms with Crippen LogP contribution in [-0.2, 0) is 10.0 Å². The Bertz CT molecular complexity index is 288. The number of hydrogen-bond donors (Lipinski definition) is 1. The first-order chi connectivity index (χ1) is 6.41. The summed E-state index contributed by atoms with van der Waals surface area (Å²) < 4.78 is 25.5. The Labute approximate surface area is 87.3 Å². The summed E-state index contributed by atoms with van der Waals surface area (Å²) in [7, 11) is -3.21. The van der Waals surface area contributed by atoms with Crippen molar-refractivity contribution in [1.29, 1.82) is 0 Å². The molecule has 3 nitrogen and oxygen atoms in total. The van der Waals surface area contributed by atoms with Gasteiger partial charge in [-0.1, -0.05) is 33.1 Å². The van der Waals surface area contributed by atoms with Crippen molar-refractivity contribution >= 4 is 10.0 Å². The molecule has 4 heteroatoms. The molecule has 14 heavy (non-hydrogen) atoms. The van der Waals surface area contributed by atoms with Gasteiger partial charge in [-0.25, -0.2) is 13.1 Å². The van der Waals surface area contributed by atoms with Gasteiger partial charge in [0.05, 0.1) is 11.8 Å². The van der Waals surface area contributed by atoms with E-state index in [1.54, 1.807) is 0 Å². The minimum Gasteiger partial charge on any atom is -0.212 e. The van der Waals surface area contributed by atoms with Gasteiger partial charge in [-0.2, -0.15) is 0 Å². The van der Waals surface area contributed by atoms with E-state index in [9.17, 15) is 8.42 Å². The van der Waals surface area contributed by atoms with E-state index in [1.807, 2.05) is 20.8 Å². The van der Waals surface area contributed by atoms with Crippen LogP contribution in [-0.4, -0.2) is 20.2 Å². The number of terminal acetylenes is 1. The Balaban J connectivity index is 4.27. The second kappa shape index (κ2) is 6.05. The lowest BCUT2D eigenvalue weighted by molar-refractivity contribution is 0.553. The summed E-state index contributed by atoms with van der Waals surface area (Å²) in [6.07, 6.45) is 6.78. The molecule has 0 bridgehead atoms. The summed E-state index contributed by atoms with van der Waals surface area (Å²) in [5.41, 5.74) is 0. The van der Waals surface area contributed by atoms with Crippen LogP contribution in [0.5, 0.6) is 0 Å². The van der Waals surface area contributed by atoms with Gasteiger partial charge >= 0.3 is 0 Å². The molecule has 1 unspecified atom stereocenters. The number of sulfonamides is 1. The molecule has 0 aromatic heterocycles. The summed E-state index contributed by atoms with van der Waals surface area (Å²) in [5.74, 6) is 2.69. The van der Waals surface area contributed by atoms with Gasteiger partial charge in [0.2, 0.25) is 10.0 Å². The first kappa shape index (κ1) is 13.5. The third-order valence-electron chi connectivity index (χ3n) is 1.65. The highest BCUT2D eigenvalue weighted by molar-refractivity contribution is 7.89. The third kappa shape index (κ3) is 6.01. The Hall–Kier alpha value is -0.530. The first-order valence-electron chi connectivity index (χ1n) is 4.87. The molecular weight excluding hydrogens is 198 g/mol. The van der Waals surface area contributed by atoms with Crippen LogP contribution in [0.15, 0.2) is 0 Å². The summed E-state index contributed by atoms with van der Waals surface area (Å²) >= 11 is 0. The van der Waals surface area contributed by atoms with Crippen molar-refractivity contribution in [1.82, 2.24) is 4.72 Å². The Kier molecular flexibility index (Phi) is 5.82. The lowest BCUT2D eigenvalue weighted by Gasteiger charge is -2.13. The summed E-state index contributed by atoms with van der Waals surface area (Å²) in [6.45, 7) is 5.70. The maximum atomic E-state index is 11.5. The molecule has 0 rings (SSSR count). The number of rotatable bonds is 6. The van der Waals surface area contributed by atoms with Gasteiger partial charge in [-0.05, 0) is 12.3 Å². The van der Waals surface area contributed by atoms with Crippen molar-refractivity contribution in [3.05, 3.63) is 0 Å². The molecule has 0 radical (unpaired) electrons. The molecular formula is C10H19NO2S. The molecule has 0 aromatic rings. The van der Waals surface area contributed by atoms with Gasteiger partial charge in [-0.3, -0.25) is 0 Å². The molecule has 0 fully saturated rings. The Morgan fingerprint density at radius 1 is 1.43 bits per heavy atom. The number of nitrogens with one attached hydrogen (secondary N) is 1. The maximum Gasteiger partial charge on any atom is 0.212 e. The van der Waals surface area contributed by atoms with E-state index < -0.39 is 10.0 Å². The topological polar surface area (TPSA) is 46.2 Å². The lowest BCUT2D eigenvalue weighted by atomic mass is 10.2. The fourth-order valence-electron chi connectivity index (χ4n) is 1.17. The zero-order chi connectivity index (χ0) is 11.2. The van der Waals surface area contributed by atoms with Gasteiger partial charge in [-0.15, -0.1) is 6.42 Å². The van der Waals surface area contributed by atoms with E-state index in [-0.39, 0.29) is 17.7 Å². The normalized spacial score (nSPS) is 13.9. The van der Waals surface area contributed by atoms with Gasteiger partial charge < -0.3 is 0 Å². The third-order valence-corrected chi connectivity index (χ3v) is 3.40. The maximum absolute atomic E-state index is 11.5. The Morgan fingerprint density at radius 3 is 2.36 bits per heavy atom. The van der Waals surface area contributed by atoms with E-state index in [0.29, 0.717) is 6.42 Å². The van der Waals surface area contributed by atoms with E-state index in [1.165, 1.54) is 0 Å². The van der Waals surface area contributed by atoms with Gasteiger partial charge in [0.25, 0.3) is 0 Å². The zero-order valence-electron chi connectivity index (χ0n) is 9.08. The standard InChI is InChI=1S/C10H19NO2S/c1-5-7-10(6-2)11-14(12,13)8-9(3)4/h2,9-11H,5,7-8H2,1,3-4H3. The van der Waals surface area contributed by atoms with E-state index >= 15 is 0 Å². The largest absolute Gasteiger partial charge is 0.212 e. The molecule has 0 saturated carbocycles. The molecule has 0 heterocycles. The average molecular weight is 217 g/mol. The molecule has 0 spiro atoms. The van der Waals surface area contributed by atoms with Crippen LogP contribution < -0.4 is 4.72 Å². The highest BCUT2D eigenvalue weighted by atomic mass is 32.2. The van der Waals surface area contributed by atoms with Gasteiger partial charge in [0, 0.05) is 0 Å². The van der Waals surface area contributed by atoms with Crippen molar-refractivity contribution < 1.29 is 8.42 Å². The molecule has 0 aliphatic rings. The summed E-state index contributed by atoms with van der Waals surface area (Å²) in [6, 6.07) is -0.358. The van der Waals surface area contributed by atoms with Crippen LogP contribution in [0.2, 0.25) is 0 Å². The minimum atomic E-state index is -3.21. The molecule has 0 aromatic carbocycles. The first-order valence-corrected chi connectivity index (χ1v) is 6.52. The smallest absolute Gasteiger partial charge is 0.212 e. The predicted octanol–water partition coefficient (Wildman–Crippen LogP) is 1.36. The van der Waals surface area contributed by atoms with Crippen molar-refractivity contribution in [2.24, 2.45) is 5.92 Å². The molecule has 0 aliphatic heterocycles. The van der Waals surface area contributed by atoms with Crippen molar-refractivity contribution in [2.75, 3.05) is 5.75 Å².